The van der Waals surface area contributed by atoms with E-state index in [1.807, 2.05) is 0 Å². The molecule has 1 aromatic carbocycles. The number of carboxylic acid groups (broad SMARTS) is 1. The third-order valence-electron chi connectivity index (χ3n) is 2.59. The molecule has 6 heteroatoms. The highest BCUT2D eigenvalue weighted by Crippen LogP contribution is 2.20. The third kappa shape index (κ3) is 6.81. The highest BCUT2D eigenvalue weighted by atomic mass is 19.4. The number of nitrogens with one attached hydrogen (secondary N) is 1. The minimum Gasteiger partial charge on any atom is -0.481 e. The fourth-order valence-electron chi connectivity index (χ4n) is 1.70. The van der Waals surface area contributed by atoms with E-state index >= 15 is 0 Å². The van der Waals surface area contributed by atoms with Crippen LogP contribution in [0.3, 0.4) is 0 Å². The standard InChI is InChI=1S/C13H16F3NO2/c14-13(15,16)6-3-7-17-9-11-5-2-1-4-10(11)8-12(18)19/h1-2,4-5,17H,3,6-9H2,(H,18,19). The van der Waals surface area contributed by atoms with Crippen LogP contribution >= 0.6 is 0 Å². The maximum atomic E-state index is 11.9. The lowest BCUT2D eigenvalue weighted by atomic mass is 10.0. The van der Waals surface area contributed by atoms with Crippen LogP contribution in [0.1, 0.15) is 24.0 Å². The monoisotopic (exact) mass is 275 g/mol. The summed E-state index contributed by atoms with van der Waals surface area (Å²) in [6, 6.07) is 7.00. The topological polar surface area (TPSA) is 49.3 Å². The smallest absolute Gasteiger partial charge is 0.389 e. The Labute approximate surface area is 109 Å². The fourth-order valence-corrected chi connectivity index (χ4v) is 1.70. The fraction of sp³-hybridized carbons (Fsp3) is 0.462. The van der Waals surface area contributed by atoms with Crippen molar-refractivity contribution in [2.24, 2.45) is 0 Å². The van der Waals surface area contributed by atoms with Crippen molar-refractivity contribution in [3.63, 3.8) is 0 Å². The number of halogens is 3. The van der Waals surface area contributed by atoms with Crippen LogP contribution in [0, 0.1) is 0 Å². The Kier molecular flexibility index (Phi) is 5.82. The molecule has 0 aliphatic heterocycles. The second-order valence-electron chi connectivity index (χ2n) is 4.23. The lowest BCUT2D eigenvalue weighted by Crippen LogP contribution is -2.19. The SMILES string of the molecule is O=C(O)Cc1ccccc1CNCCCC(F)(F)F. The summed E-state index contributed by atoms with van der Waals surface area (Å²) in [6.07, 6.45) is -5.00. The molecule has 0 atom stereocenters. The number of hydrogen-bond donors (Lipinski definition) is 2. The van der Waals surface area contributed by atoms with Crippen molar-refractivity contribution in [3.8, 4) is 0 Å². The van der Waals surface area contributed by atoms with E-state index in [2.05, 4.69) is 5.32 Å². The van der Waals surface area contributed by atoms with Crippen LogP contribution in [0.5, 0.6) is 0 Å². The van der Waals surface area contributed by atoms with Gasteiger partial charge in [-0.25, -0.2) is 0 Å². The number of carboxylic acids is 1. The summed E-state index contributed by atoms with van der Waals surface area (Å²) in [5, 5.41) is 11.6. The molecule has 0 spiro atoms. The quantitative estimate of drug-likeness (QED) is 0.752. The molecule has 0 aromatic heterocycles. The molecular formula is C13H16F3NO2. The van der Waals surface area contributed by atoms with Crippen molar-refractivity contribution in [1.29, 1.82) is 0 Å². The second kappa shape index (κ2) is 7.13. The van der Waals surface area contributed by atoms with Gasteiger partial charge >= 0.3 is 12.1 Å². The van der Waals surface area contributed by atoms with E-state index in [1.54, 1.807) is 24.3 Å². The zero-order valence-corrected chi connectivity index (χ0v) is 10.3. The van der Waals surface area contributed by atoms with Gasteiger partial charge in [0.2, 0.25) is 0 Å². The van der Waals surface area contributed by atoms with Crippen LogP contribution < -0.4 is 5.32 Å². The van der Waals surface area contributed by atoms with E-state index in [0.29, 0.717) is 12.1 Å². The molecule has 0 heterocycles. The van der Waals surface area contributed by atoms with Crippen molar-refractivity contribution in [1.82, 2.24) is 5.32 Å². The van der Waals surface area contributed by atoms with Gasteiger partial charge in [-0.1, -0.05) is 24.3 Å². The molecule has 0 bridgehead atoms. The molecule has 106 valence electrons. The van der Waals surface area contributed by atoms with Gasteiger partial charge < -0.3 is 10.4 Å². The molecule has 2 N–H and O–H groups in total. The Morgan fingerprint density at radius 3 is 2.42 bits per heavy atom. The first-order chi connectivity index (χ1) is 8.88. The minimum atomic E-state index is -4.12. The molecule has 0 fully saturated rings. The molecule has 0 aliphatic rings. The number of hydrogen-bond acceptors (Lipinski definition) is 2. The summed E-state index contributed by atoms with van der Waals surface area (Å²) in [6.45, 7) is 0.627. The number of aliphatic carboxylic acids is 1. The van der Waals surface area contributed by atoms with Crippen LogP contribution in [-0.2, 0) is 17.8 Å². The van der Waals surface area contributed by atoms with E-state index in [4.69, 9.17) is 5.11 Å². The molecule has 1 aromatic rings. The Balaban J connectivity index is 2.38. The van der Waals surface area contributed by atoms with Crippen molar-refractivity contribution >= 4 is 5.97 Å². The molecule has 0 saturated carbocycles. The normalized spacial score (nSPS) is 11.5. The van der Waals surface area contributed by atoms with Crippen molar-refractivity contribution < 1.29 is 23.1 Å². The van der Waals surface area contributed by atoms with Crippen LogP contribution in [0.15, 0.2) is 24.3 Å². The lowest BCUT2D eigenvalue weighted by molar-refractivity contribution is -0.136. The van der Waals surface area contributed by atoms with E-state index in [9.17, 15) is 18.0 Å². The molecule has 19 heavy (non-hydrogen) atoms. The van der Waals surface area contributed by atoms with Crippen LogP contribution in [0.2, 0.25) is 0 Å². The van der Waals surface area contributed by atoms with Gasteiger partial charge in [0.25, 0.3) is 0 Å². The summed E-state index contributed by atoms with van der Waals surface area (Å²) >= 11 is 0. The average Bonchev–Trinajstić information content (AvgIpc) is 2.28. The summed E-state index contributed by atoms with van der Waals surface area (Å²) in [5.74, 6) is -0.926. The van der Waals surface area contributed by atoms with Gasteiger partial charge in [-0.05, 0) is 24.1 Å². The van der Waals surface area contributed by atoms with Gasteiger partial charge in [-0.3, -0.25) is 4.79 Å². The largest absolute Gasteiger partial charge is 0.481 e. The number of benzene rings is 1. The van der Waals surface area contributed by atoms with E-state index in [1.165, 1.54) is 0 Å². The van der Waals surface area contributed by atoms with Crippen molar-refractivity contribution in [3.05, 3.63) is 35.4 Å². The van der Waals surface area contributed by atoms with Crippen LogP contribution in [0.4, 0.5) is 13.2 Å². The average molecular weight is 275 g/mol. The maximum Gasteiger partial charge on any atom is 0.389 e. The Morgan fingerprint density at radius 2 is 1.84 bits per heavy atom. The molecule has 3 nitrogen and oxygen atoms in total. The number of carbonyl (C=O) groups is 1. The Bertz CT molecular complexity index is 419. The van der Waals surface area contributed by atoms with Gasteiger partial charge in [0.05, 0.1) is 6.42 Å². The Morgan fingerprint density at radius 1 is 1.21 bits per heavy atom. The summed E-state index contributed by atoms with van der Waals surface area (Å²) in [7, 11) is 0. The third-order valence-corrected chi connectivity index (χ3v) is 2.59. The van der Waals surface area contributed by atoms with Crippen molar-refractivity contribution in [2.75, 3.05) is 6.54 Å². The van der Waals surface area contributed by atoms with Gasteiger partial charge in [-0.2, -0.15) is 13.2 Å². The van der Waals surface area contributed by atoms with Gasteiger partial charge in [-0.15, -0.1) is 0 Å². The highest BCUT2D eigenvalue weighted by Gasteiger charge is 2.25. The van der Waals surface area contributed by atoms with Gasteiger partial charge in [0, 0.05) is 13.0 Å². The highest BCUT2D eigenvalue weighted by molar-refractivity contribution is 5.70. The first-order valence-corrected chi connectivity index (χ1v) is 5.94. The molecule has 0 saturated heterocycles. The molecule has 1 rings (SSSR count). The van der Waals surface area contributed by atoms with Crippen LogP contribution in [-0.4, -0.2) is 23.8 Å². The predicted octanol–water partition coefficient (Wildman–Crippen LogP) is 2.75. The van der Waals surface area contributed by atoms with Crippen LogP contribution in [0.25, 0.3) is 0 Å². The summed E-state index contributed by atoms with van der Waals surface area (Å²) < 4.78 is 35.8. The maximum absolute atomic E-state index is 11.9. The first-order valence-electron chi connectivity index (χ1n) is 5.94. The lowest BCUT2D eigenvalue weighted by Gasteiger charge is -2.10. The molecule has 0 aliphatic carbocycles. The van der Waals surface area contributed by atoms with Gasteiger partial charge in [0.1, 0.15) is 0 Å². The van der Waals surface area contributed by atoms with E-state index in [-0.39, 0.29) is 19.4 Å². The van der Waals surface area contributed by atoms with E-state index < -0.39 is 18.6 Å². The first kappa shape index (κ1) is 15.5. The minimum absolute atomic E-state index is 0.0184. The van der Waals surface area contributed by atoms with E-state index in [0.717, 1.165) is 5.56 Å². The summed E-state index contributed by atoms with van der Waals surface area (Å²) in [4.78, 5) is 10.7. The molecule has 0 amide bonds. The zero-order valence-electron chi connectivity index (χ0n) is 10.3. The van der Waals surface area contributed by atoms with Gasteiger partial charge in [0.15, 0.2) is 0 Å². The van der Waals surface area contributed by atoms with Crippen molar-refractivity contribution in [2.45, 2.75) is 32.0 Å². The molecular weight excluding hydrogens is 259 g/mol. The molecule has 0 radical (unpaired) electrons. The summed E-state index contributed by atoms with van der Waals surface area (Å²) in [5.41, 5.74) is 1.48. The predicted molar refractivity (Wildman–Crippen MR) is 64.8 cm³/mol. The molecule has 0 unspecified atom stereocenters. The second-order valence-corrected chi connectivity index (χ2v) is 4.23. The zero-order chi connectivity index (χ0) is 14.3. The number of rotatable bonds is 7. The Hall–Kier alpha value is -1.56. The number of alkyl halides is 3.